The second-order valence-corrected chi connectivity index (χ2v) is 7.56. The van der Waals surface area contributed by atoms with E-state index in [9.17, 15) is 4.57 Å². The van der Waals surface area contributed by atoms with E-state index in [-0.39, 0.29) is 5.75 Å². The van der Waals surface area contributed by atoms with Crippen molar-refractivity contribution < 1.29 is 14.0 Å². The van der Waals surface area contributed by atoms with Gasteiger partial charge in [-0.2, -0.15) is 0 Å². The molecule has 8 heteroatoms. The highest BCUT2D eigenvalue weighted by molar-refractivity contribution is 8.44. The largest absolute Gasteiger partial charge is 0.434 e. The van der Waals surface area contributed by atoms with E-state index in [0.29, 0.717) is 15.1 Å². The van der Waals surface area contributed by atoms with Crippen molar-refractivity contribution in [1.82, 2.24) is 4.98 Å². The zero-order chi connectivity index (χ0) is 13.9. The van der Waals surface area contributed by atoms with Crippen LogP contribution in [0.25, 0.3) is 0 Å². The van der Waals surface area contributed by atoms with Crippen molar-refractivity contribution in [3.8, 4) is 5.75 Å². The average Bonchev–Trinajstić information content (AvgIpc) is 2.30. The third-order valence-corrected chi connectivity index (χ3v) is 3.85. The number of pyridine rings is 1. The van der Waals surface area contributed by atoms with E-state index in [2.05, 4.69) is 17.2 Å². The van der Waals surface area contributed by atoms with Crippen molar-refractivity contribution >= 4 is 42.4 Å². The molecule has 19 heavy (non-hydrogen) atoms. The standard InChI is InChI=1S/C11H9ClNO3PS2/c12-10-6-3-7-11(13-10)19-9-5-2-1-4-8(9)16-17(14,15)18/h1-7H,(H2,14,15,18). The van der Waals surface area contributed by atoms with Crippen molar-refractivity contribution in [3.05, 3.63) is 47.6 Å². The molecule has 1 N–H and O–H groups in total. The molecule has 100 valence electrons. The molecule has 0 saturated carbocycles. The van der Waals surface area contributed by atoms with Crippen molar-refractivity contribution in [2.75, 3.05) is 0 Å². The molecule has 0 aliphatic rings. The molecule has 1 aromatic carbocycles. The van der Waals surface area contributed by atoms with Gasteiger partial charge in [-0.05, 0) is 36.5 Å². The average molecular weight is 334 g/mol. The number of nitrogens with zero attached hydrogens (tertiary/aromatic N) is 1. The van der Waals surface area contributed by atoms with Gasteiger partial charge in [-0.15, -0.1) is 0 Å². The molecule has 0 radical (unpaired) electrons. The van der Waals surface area contributed by atoms with Crippen LogP contribution in [0.3, 0.4) is 0 Å². The second-order valence-electron chi connectivity index (χ2n) is 3.43. The van der Waals surface area contributed by atoms with Gasteiger partial charge in [0.05, 0.1) is 4.90 Å². The molecule has 1 unspecified atom stereocenters. The molecule has 0 aliphatic carbocycles. The number of benzene rings is 1. The first-order valence-electron chi connectivity index (χ1n) is 5.09. The molecule has 1 atom stereocenters. The number of halogens is 1. The van der Waals surface area contributed by atoms with Crippen LogP contribution in [-0.2, 0) is 4.57 Å². The van der Waals surface area contributed by atoms with E-state index in [1.54, 1.807) is 42.5 Å². The monoisotopic (exact) mass is 333 g/mol. The number of aromatic nitrogens is 1. The lowest BCUT2D eigenvalue weighted by Gasteiger charge is -2.11. The molecule has 0 spiro atoms. The lowest BCUT2D eigenvalue weighted by Crippen LogP contribution is -1.88. The molecule has 2 rings (SSSR count). The summed E-state index contributed by atoms with van der Waals surface area (Å²) < 4.78 is 16.1. The maximum Gasteiger partial charge on any atom is 0.434 e. The second kappa shape index (κ2) is 6.20. The van der Waals surface area contributed by atoms with Crippen LogP contribution in [0.5, 0.6) is 5.75 Å². The molecule has 0 amide bonds. The first-order valence-corrected chi connectivity index (χ1v) is 9.01. The predicted octanol–water partition coefficient (Wildman–Crippen LogP) is 4.30. The zero-order valence-corrected chi connectivity index (χ0v) is 12.8. The van der Waals surface area contributed by atoms with Gasteiger partial charge in [0, 0.05) is 0 Å². The summed E-state index contributed by atoms with van der Waals surface area (Å²) in [6.07, 6.45) is 0. The van der Waals surface area contributed by atoms with Gasteiger partial charge in [-0.3, -0.25) is 0 Å². The van der Waals surface area contributed by atoms with E-state index in [0.717, 1.165) is 0 Å². The molecule has 0 saturated heterocycles. The van der Waals surface area contributed by atoms with E-state index in [1.165, 1.54) is 11.8 Å². The molecule has 2 aromatic rings. The number of hydrogen-bond donors (Lipinski definition) is 2. The minimum absolute atomic E-state index is 0.273. The van der Waals surface area contributed by atoms with Crippen LogP contribution < -0.4 is 4.52 Å². The first kappa shape index (κ1) is 14.8. The van der Waals surface area contributed by atoms with Gasteiger partial charge in [0.15, 0.2) is 0 Å². The van der Waals surface area contributed by atoms with Gasteiger partial charge >= 0.3 is 6.80 Å². The van der Waals surface area contributed by atoms with Crippen LogP contribution in [0.1, 0.15) is 0 Å². The summed E-state index contributed by atoms with van der Waals surface area (Å²) in [7, 11) is 0. The van der Waals surface area contributed by atoms with Crippen LogP contribution >= 0.6 is 42.4 Å². The minimum atomic E-state index is -3.89. The maximum atomic E-state index is 11.2. The zero-order valence-electron chi connectivity index (χ0n) is 9.43. The number of rotatable bonds is 4. The molecule has 4 nitrogen and oxygen atoms in total. The van der Waals surface area contributed by atoms with Crippen molar-refractivity contribution in [3.63, 3.8) is 0 Å². The van der Waals surface area contributed by atoms with Crippen LogP contribution in [0.4, 0.5) is 0 Å². The van der Waals surface area contributed by atoms with E-state index in [4.69, 9.17) is 21.0 Å². The van der Waals surface area contributed by atoms with Crippen LogP contribution in [0, 0.1) is 0 Å². The normalized spacial score (nSPS) is 13.8. The smallest absolute Gasteiger partial charge is 0.416 e. The van der Waals surface area contributed by atoms with Gasteiger partial charge in [-0.25, -0.2) is 9.55 Å². The van der Waals surface area contributed by atoms with Crippen molar-refractivity contribution in [1.29, 1.82) is 0 Å². The first-order chi connectivity index (χ1) is 8.94. The van der Waals surface area contributed by atoms with Gasteiger partial charge in [-0.1, -0.05) is 41.6 Å². The molecule has 1 heterocycles. The number of hydrogen-bond acceptors (Lipinski definition) is 4. The Kier molecular flexibility index (Phi) is 4.81. The van der Waals surface area contributed by atoms with Crippen molar-refractivity contribution in [2.24, 2.45) is 0 Å². The summed E-state index contributed by atoms with van der Waals surface area (Å²) in [5, 5.41) is 1.04. The Balaban J connectivity index is 2.28. The fourth-order valence-corrected chi connectivity index (χ4v) is 3.12. The van der Waals surface area contributed by atoms with Gasteiger partial charge < -0.3 is 9.42 Å². The lowest BCUT2D eigenvalue weighted by atomic mass is 10.3. The summed E-state index contributed by atoms with van der Waals surface area (Å²) in [5.41, 5.74) is 0. The quantitative estimate of drug-likeness (QED) is 0.496. The van der Waals surface area contributed by atoms with Crippen LogP contribution in [0.15, 0.2) is 52.4 Å². The van der Waals surface area contributed by atoms with Gasteiger partial charge in [0.2, 0.25) is 0 Å². The number of thiol groups is 1. The van der Waals surface area contributed by atoms with Gasteiger partial charge in [0.25, 0.3) is 0 Å². The highest BCUT2D eigenvalue weighted by atomic mass is 35.5. The summed E-state index contributed by atoms with van der Waals surface area (Å²) in [6, 6.07) is 12.1. The fraction of sp³-hybridized carbons (Fsp3) is 0. The molecule has 0 fully saturated rings. The SMILES string of the molecule is O=P(O)(S)Oc1ccccc1Sc1cccc(Cl)n1. The Morgan fingerprint density at radius 2 is 2.00 bits per heavy atom. The summed E-state index contributed by atoms with van der Waals surface area (Å²) in [4.78, 5) is 13.9. The molecule has 0 aliphatic heterocycles. The molecular formula is C11H9ClNO3PS2. The topological polar surface area (TPSA) is 59.4 Å². The molecule has 0 bridgehead atoms. The Bertz CT molecular complexity index is 635. The van der Waals surface area contributed by atoms with Crippen molar-refractivity contribution in [2.45, 2.75) is 9.92 Å². The fourth-order valence-electron chi connectivity index (χ4n) is 1.30. The summed E-state index contributed by atoms with van der Waals surface area (Å²) in [6.45, 7) is -3.89. The summed E-state index contributed by atoms with van der Waals surface area (Å²) >= 11 is 10.6. The van der Waals surface area contributed by atoms with Gasteiger partial charge in [0.1, 0.15) is 15.9 Å². The highest BCUT2D eigenvalue weighted by Gasteiger charge is 2.16. The number of para-hydroxylation sites is 1. The molecule has 1 aromatic heterocycles. The Morgan fingerprint density at radius 3 is 2.68 bits per heavy atom. The van der Waals surface area contributed by atoms with Crippen LogP contribution in [-0.4, -0.2) is 9.88 Å². The Morgan fingerprint density at radius 1 is 1.26 bits per heavy atom. The Labute approximate surface area is 124 Å². The minimum Gasteiger partial charge on any atom is -0.416 e. The van der Waals surface area contributed by atoms with E-state index >= 15 is 0 Å². The highest BCUT2D eigenvalue weighted by Crippen LogP contribution is 2.49. The van der Waals surface area contributed by atoms with E-state index < -0.39 is 6.80 Å². The third kappa shape index (κ3) is 4.75. The summed E-state index contributed by atoms with van der Waals surface area (Å²) in [5.74, 6) is 0.273. The maximum absolute atomic E-state index is 11.2. The van der Waals surface area contributed by atoms with E-state index in [1.807, 2.05) is 0 Å². The Hall–Kier alpha value is -0.650. The lowest BCUT2D eigenvalue weighted by molar-refractivity contribution is 0.399. The van der Waals surface area contributed by atoms with Crippen LogP contribution in [0.2, 0.25) is 5.15 Å². The third-order valence-electron chi connectivity index (χ3n) is 1.97. The predicted molar refractivity (Wildman–Crippen MR) is 79.3 cm³/mol. The molecular weight excluding hydrogens is 325 g/mol.